The molecular formula is C22H24N2O6S2. The highest BCUT2D eigenvalue weighted by atomic mass is 32.2. The number of nitrogens with one attached hydrogen (secondary N) is 1. The number of hydrogen-bond acceptors (Lipinski definition) is 6. The van der Waals surface area contributed by atoms with Crippen LogP contribution in [-0.2, 0) is 33.1 Å². The zero-order chi connectivity index (χ0) is 22.8. The third-order valence-electron chi connectivity index (χ3n) is 5.08. The molecule has 2 aromatic carbocycles. The van der Waals surface area contributed by atoms with E-state index in [0.717, 1.165) is 18.4 Å². The van der Waals surface area contributed by atoms with Gasteiger partial charge in [0.05, 0.1) is 29.7 Å². The first kappa shape index (κ1) is 22.5. The van der Waals surface area contributed by atoms with Crippen molar-refractivity contribution in [1.29, 1.82) is 0 Å². The van der Waals surface area contributed by atoms with E-state index in [2.05, 4.69) is 4.72 Å². The molecule has 1 saturated carbocycles. The van der Waals surface area contributed by atoms with Crippen LogP contribution < -0.4 is 9.46 Å². The number of benzene rings is 2. The smallest absolute Gasteiger partial charge is 0.243 e. The summed E-state index contributed by atoms with van der Waals surface area (Å²) in [6, 6.07) is 15.8. The van der Waals surface area contributed by atoms with E-state index >= 15 is 0 Å². The van der Waals surface area contributed by atoms with E-state index in [1.807, 2.05) is 6.07 Å². The van der Waals surface area contributed by atoms with Gasteiger partial charge in [0.25, 0.3) is 0 Å². The highest BCUT2D eigenvalue weighted by Gasteiger charge is 2.29. The Morgan fingerprint density at radius 2 is 1.69 bits per heavy atom. The minimum Gasteiger partial charge on any atom is -0.497 e. The van der Waals surface area contributed by atoms with E-state index in [-0.39, 0.29) is 28.9 Å². The minimum absolute atomic E-state index is 0.00248. The first-order chi connectivity index (χ1) is 15.3. The quantitative estimate of drug-likeness (QED) is 0.482. The molecule has 0 amide bonds. The molecule has 1 N–H and O–H groups in total. The Morgan fingerprint density at radius 1 is 0.969 bits per heavy atom. The Labute approximate surface area is 187 Å². The zero-order valence-corrected chi connectivity index (χ0v) is 19.1. The van der Waals surface area contributed by atoms with Gasteiger partial charge in [-0.2, -0.15) is 4.31 Å². The van der Waals surface area contributed by atoms with E-state index < -0.39 is 20.0 Å². The second kappa shape index (κ2) is 9.07. The van der Waals surface area contributed by atoms with Gasteiger partial charge in [-0.25, -0.2) is 21.6 Å². The molecule has 0 atom stereocenters. The predicted molar refractivity (Wildman–Crippen MR) is 118 cm³/mol. The van der Waals surface area contributed by atoms with Gasteiger partial charge in [-0.1, -0.05) is 12.1 Å². The molecular weight excluding hydrogens is 452 g/mol. The molecule has 32 heavy (non-hydrogen) atoms. The Kier molecular flexibility index (Phi) is 6.38. The first-order valence-corrected chi connectivity index (χ1v) is 13.0. The highest BCUT2D eigenvalue weighted by molar-refractivity contribution is 7.89. The van der Waals surface area contributed by atoms with Crippen molar-refractivity contribution < 1.29 is 26.0 Å². The number of rotatable bonds is 10. The van der Waals surface area contributed by atoms with Crippen LogP contribution in [-0.4, -0.2) is 34.3 Å². The van der Waals surface area contributed by atoms with Crippen LogP contribution in [0.5, 0.6) is 5.75 Å². The fourth-order valence-corrected chi connectivity index (χ4v) is 5.90. The van der Waals surface area contributed by atoms with Crippen molar-refractivity contribution in [3.8, 4) is 5.75 Å². The summed E-state index contributed by atoms with van der Waals surface area (Å²) in [7, 11) is -6.07. The monoisotopic (exact) mass is 476 g/mol. The van der Waals surface area contributed by atoms with Gasteiger partial charge in [0.1, 0.15) is 11.5 Å². The van der Waals surface area contributed by atoms with E-state index in [9.17, 15) is 16.8 Å². The van der Waals surface area contributed by atoms with Gasteiger partial charge in [-0.15, -0.1) is 0 Å². The molecule has 10 heteroatoms. The summed E-state index contributed by atoms with van der Waals surface area (Å²) in [5.41, 5.74) is 0.743. The highest BCUT2D eigenvalue weighted by Crippen LogP contribution is 2.26. The Hall–Kier alpha value is -2.66. The lowest BCUT2D eigenvalue weighted by Crippen LogP contribution is -2.30. The number of ether oxygens (including phenoxy) is 1. The number of hydrogen-bond donors (Lipinski definition) is 1. The van der Waals surface area contributed by atoms with Crippen LogP contribution >= 0.6 is 0 Å². The molecule has 1 aromatic heterocycles. The molecule has 0 bridgehead atoms. The third kappa shape index (κ3) is 5.21. The van der Waals surface area contributed by atoms with Crippen LogP contribution in [0.15, 0.2) is 81.1 Å². The Bertz CT molecular complexity index is 1270. The van der Waals surface area contributed by atoms with Crippen LogP contribution in [0, 0.1) is 0 Å². The van der Waals surface area contributed by atoms with Crippen LogP contribution in [0.4, 0.5) is 0 Å². The van der Waals surface area contributed by atoms with Crippen molar-refractivity contribution in [1.82, 2.24) is 9.03 Å². The maximum absolute atomic E-state index is 13.5. The molecule has 0 spiro atoms. The molecule has 0 aliphatic heterocycles. The summed E-state index contributed by atoms with van der Waals surface area (Å²) >= 11 is 0. The molecule has 3 aromatic rings. The Morgan fingerprint density at radius 3 is 2.31 bits per heavy atom. The molecule has 0 saturated heterocycles. The van der Waals surface area contributed by atoms with E-state index in [4.69, 9.17) is 9.15 Å². The zero-order valence-electron chi connectivity index (χ0n) is 17.5. The van der Waals surface area contributed by atoms with Crippen LogP contribution in [0.25, 0.3) is 0 Å². The first-order valence-electron chi connectivity index (χ1n) is 10.1. The van der Waals surface area contributed by atoms with Crippen LogP contribution in [0.3, 0.4) is 0 Å². The van der Waals surface area contributed by atoms with E-state index in [1.165, 1.54) is 34.8 Å². The molecule has 0 radical (unpaired) electrons. The maximum atomic E-state index is 13.5. The summed E-state index contributed by atoms with van der Waals surface area (Å²) in [4.78, 5) is 0.0334. The molecule has 1 fully saturated rings. The summed E-state index contributed by atoms with van der Waals surface area (Å²) in [5, 5.41) is 0. The lowest BCUT2D eigenvalue weighted by Gasteiger charge is -2.22. The molecule has 1 aliphatic carbocycles. The molecule has 1 heterocycles. The van der Waals surface area contributed by atoms with Gasteiger partial charge in [0.15, 0.2) is 0 Å². The molecule has 8 nitrogen and oxygen atoms in total. The Balaban J connectivity index is 1.62. The molecule has 170 valence electrons. The largest absolute Gasteiger partial charge is 0.497 e. The molecule has 1 aliphatic rings. The number of nitrogens with zero attached hydrogens (tertiary/aromatic N) is 1. The normalized spacial score (nSPS) is 14.6. The summed E-state index contributed by atoms with van der Waals surface area (Å²) in [5.74, 6) is 1.11. The summed E-state index contributed by atoms with van der Waals surface area (Å²) in [6.07, 6.45) is 3.12. The summed E-state index contributed by atoms with van der Waals surface area (Å²) in [6.45, 7) is 0.110. The SMILES string of the molecule is COc1cccc(CN(Cc2ccco2)S(=O)(=O)c2ccc(S(=O)(=O)NC3CC3)cc2)c1. The van der Waals surface area contributed by atoms with Gasteiger partial charge in [0, 0.05) is 12.6 Å². The van der Waals surface area contributed by atoms with Crippen molar-refractivity contribution in [2.24, 2.45) is 0 Å². The number of furan rings is 1. The molecule has 4 rings (SSSR count). The molecule has 0 unspecified atom stereocenters. The van der Waals surface area contributed by atoms with E-state index in [0.29, 0.717) is 11.5 Å². The van der Waals surface area contributed by atoms with Gasteiger partial charge in [-0.3, -0.25) is 0 Å². The van der Waals surface area contributed by atoms with Crippen molar-refractivity contribution in [2.75, 3.05) is 7.11 Å². The van der Waals surface area contributed by atoms with Crippen molar-refractivity contribution in [3.63, 3.8) is 0 Å². The van der Waals surface area contributed by atoms with Crippen molar-refractivity contribution in [3.05, 3.63) is 78.3 Å². The van der Waals surface area contributed by atoms with Gasteiger partial charge in [0.2, 0.25) is 20.0 Å². The number of methoxy groups -OCH3 is 1. The van der Waals surface area contributed by atoms with Crippen LogP contribution in [0.1, 0.15) is 24.2 Å². The van der Waals surface area contributed by atoms with Gasteiger partial charge in [-0.05, 0) is 66.9 Å². The average Bonchev–Trinajstić information content (AvgIpc) is 3.43. The maximum Gasteiger partial charge on any atom is 0.243 e. The van der Waals surface area contributed by atoms with Gasteiger partial charge >= 0.3 is 0 Å². The number of sulfonamides is 2. The second-order valence-corrected chi connectivity index (χ2v) is 11.2. The summed E-state index contributed by atoms with van der Waals surface area (Å²) < 4.78 is 66.2. The average molecular weight is 477 g/mol. The van der Waals surface area contributed by atoms with Crippen molar-refractivity contribution >= 4 is 20.0 Å². The standard InChI is InChI=1S/C22H24N2O6S2/c1-29-19-5-2-4-17(14-19)15-24(16-20-6-3-13-30-20)32(27,28)22-11-9-21(10-12-22)31(25,26)23-18-7-8-18/h2-6,9-14,18,23H,7-8,15-16H2,1H3. The lowest BCUT2D eigenvalue weighted by atomic mass is 10.2. The predicted octanol–water partition coefficient (Wildman–Crippen LogP) is 3.12. The van der Waals surface area contributed by atoms with E-state index in [1.54, 1.807) is 37.4 Å². The topological polar surface area (TPSA) is 106 Å². The fourth-order valence-electron chi connectivity index (χ4n) is 3.21. The van der Waals surface area contributed by atoms with Crippen molar-refractivity contribution in [2.45, 2.75) is 41.8 Å². The van der Waals surface area contributed by atoms with Gasteiger partial charge < -0.3 is 9.15 Å². The second-order valence-electron chi connectivity index (χ2n) is 7.57. The van der Waals surface area contributed by atoms with Crippen LogP contribution in [0.2, 0.25) is 0 Å². The fraction of sp³-hybridized carbons (Fsp3) is 0.273. The minimum atomic E-state index is -3.95. The lowest BCUT2D eigenvalue weighted by molar-refractivity contribution is 0.357. The third-order valence-corrected chi connectivity index (χ3v) is 8.42.